The summed E-state index contributed by atoms with van der Waals surface area (Å²) in [7, 11) is 0. The number of rotatable bonds is 5. The first kappa shape index (κ1) is 11.4. The summed E-state index contributed by atoms with van der Waals surface area (Å²) in [6.07, 6.45) is 2.67. The van der Waals surface area contributed by atoms with Crippen molar-refractivity contribution in [3.05, 3.63) is 29.8 Å². The predicted octanol–water partition coefficient (Wildman–Crippen LogP) is 1.62. The Morgan fingerprint density at radius 3 is 2.81 bits per heavy atom. The zero-order valence-corrected chi connectivity index (χ0v) is 9.69. The van der Waals surface area contributed by atoms with Crippen molar-refractivity contribution in [1.82, 2.24) is 4.90 Å². The second-order valence-electron chi connectivity index (χ2n) is 4.27. The van der Waals surface area contributed by atoms with Crippen molar-refractivity contribution in [1.29, 1.82) is 0 Å². The van der Waals surface area contributed by atoms with Gasteiger partial charge in [-0.3, -0.25) is 4.90 Å². The Kier molecular flexibility index (Phi) is 4.19. The van der Waals surface area contributed by atoms with Gasteiger partial charge in [-0.1, -0.05) is 12.1 Å². The Morgan fingerprint density at radius 2 is 2.06 bits per heavy atom. The van der Waals surface area contributed by atoms with E-state index in [1.807, 2.05) is 6.07 Å². The van der Waals surface area contributed by atoms with Gasteiger partial charge < -0.3 is 10.5 Å². The number of hydrogen-bond donors (Lipinski definition) is 1. The van der Waals surface area contributed by atoms with Gasteiger partial charge >= 0.3 is 0 Å². The number of nitrogens with two attached hydrogens (primary N) is 1. The third kappa shape index (κ3) is 3.22. The van der Waals surface area contributed by atoms with Crippen LogP contribution in [0.3, 0.4) is 0 Å². The molecule has 0 saturated carbocycles. The highest BCUT2D eigenvalue weighted by atomic mass is 16.5. The Hall–Kier alpha value is -1.06. The lowest BCUT2D eigenvalue weighted by molar-refractivity contribution is 0.320. The van der Waals surface area contributed by atoms with Gasteiger partial charge in [0.25, 0.3) is 0 Å². The van der Waals surface area contributed by atoms with Crippen LogP contribution < -0.4 is 10.5 Å². The first-order valence-electron chi connectivity index (χ1n) is 6.02. The van der Waals surface area contributed by atoms with Gasteiger partial charge in [0.15, 0.2) is 0 Å². The third-order valence-electron chi connectivity index (χ3n) is 2.89. The van der Waals surface area contributed by atoms with Crippen LogP contribution in [0.5, 0.6) is 5.75 Å². The van der Waals surface area contributed by atoms with E-state index in [0.29, 0.717) is 13.2 Å². The summed E-state index contributed by atoms with van der Waals surface area (Å²) < 4.78 is 5.52. The topological polar surface area (TPSA) is 38.5 Å². The molecule has 2 rings (SSSR count). The molecular formula is C13H20N2O. The molecule has 16 heavy (non-hydrogen) atoms. The number of hydrogen-bond acceptors (Lipinski definition) is 3. The van der Waals surface area contributed by atoms with Crippen LogP contribution in [0.2, 0.25) is 0 Å². The van der Waals surface area contributed by atoms with Crippen LogP contribution >= 0.6 is 0 Å². The minimum atomic E-state index is 0.566. The van der Waals surface area contributed by atoms with Crippen LogP contribution in [0.25, 0.3) is 0 Å². The van der Waals surface area contributed by atoms with Crippen molar-refractivity contribution in [2.75, 3.05) is 26.2 Å². The summed E-state index contributed by atoms with van der Waals surface area (Å²) >= 11 is 0. The first-order valence-corrected chi connectivity index (χ1v) is 6.02. The largest absolute Gasteiger partial charge is 0.492 e. The van der Waals surface area contributed by atoms with Gasteiger partial charge in [-0.2, -0.15) is 0 Å². The number of ether oxygens (including phenoxy) is 1. The van der Waals surface area contributed by atoms with Crippen molar-refractivity contribution in [2.45, 2.75) is 19.4 Å². The van der Waals surface area contributed by atoms with E-state index in [2.05, 4.69) is 23.1 Å². The molecule has 3 heteroatoms. The van der Waals surface area contributed by atoms with Crippen molar-refractivity contribution in [2.24, 2.45) is 5.73 Å². The van der Waals surface area contributed by atoms with Crippen molar-refractivity contribution >= 4 is 0 Å². The highest BCUT2D eigenvalue weighted by molar-refractivity contribution is 5.28. The summed E-state index contributed by atoms with van der Waals surface area (Å²) in [5, 5.41) is 0. The summed E-state index contributed by atoms with van der Waals surface area (Å²) in [4.78, 5) is 2.49. The lowest BCUT2D eigenvalue weighted by atomic mass is 10.2. The predicted molar refractivity (Wildman–Crippen MR) is 65.5 cm³/mol. The molecule has 0 atom stereocenters. The summed E-state index contributed by atoms with van der Waals surface area (Å²) in [5.74, 6) is 0.933. The van der Waals surface area contributed by atoms with Crippen LogP contribution in [0, 0.1) is 0 Å². The molecule has 1 saturated heterocycles. The molecule has 88 valence electrons. The van der Waals surface area contributed by atoms with Crippen molar-refractivity contribution in [3.63, 3.8) is 0 Å². The van der Waals surface area contributed by atoms with E-state index in [-0.39, 0.29) is 0 Å². The maximum atomic E-state index is 5.52. The first-order chi connectivity index (χ1) is 7.88. The molecule has 1 heterocycles. The Balaban J connectivity index is 1.92. The highest BCUT2D eigenvalue weighted by Crippen LogP contribution is 2.17. The quantitative estimate of drug-likeness (QED) is 0.819. The van der Waals surface area contributed by atoms with Gasteiger partial charge in [-0.05, 0) is 43.6 Å². The van der Waals surface area contributed by atoms with E-state index in [1.165, 1.54) is 31.5 Å². The molecule has 0 spiro atoms. The lowest BCUT2D eigenvalue weighted by Gasteiger charge is -2.15. The normalized spacial score (nSPS) is 16.6. The van der Waals surface area contributed by atoms with Crippen molar-refractivity contribution in [3.8, 4) is 5.75 Å². The van der Waals surface area contributed by atoms with Crippen LogP contribution in [-0.4, -0.2) is 31.1 Å². The van der Waals surface area contributed by atoms with Crippen LogP contribution in [0.15, 0.2) is 24.3 Å². The standard InChI is InChI=1S/C13H20N2O/c14-6-9-16-13-5-3-4-12(10-13)11-15-7-1-2-8-15/h3-5,10H,1-2,6-9,11,14H2. The highest BCUT2D eigenvalue weighted by Gasteiger charge is 2.11. The van der Waals surface area contributed by atoms with E-state index in [9.17, 15) is 0 Å². The third-order valence-corrected chi connectivity index (χ3v) is 2.89. The molecule has 1 aromatic rings. The van der Waals surface area contributed by atoms with Gasteiger partial charge in [0.1, 0.15) is 12.4 Å². The van der Waals surface area contributed by atoms with Gasteiger partial charge in [-0.25, -0.2) is 0 Å². The fourth-order valence-electron chi connectivity index (χ4n) is 2.11. The average Bonchev–Trinajstić information content (AvgIpc) is 2.80. The van der Waals surface area contributed by atoms with Crippen molar-refractivity contribution < 1.29 is 4.74 Å². The number of nitrogens with zero attached hydrogens (tertiary/aromatic N) is 1. The molecule has 2 N–H and O–H groups in total. The van der Waals surface area contributed by atoms with Crippen LogP contribution in [0.4, 0.5) is 0 Å². The van der Waals surface area contributed by atoms with E-state index in [4.69, 9.17) is 10.5 Å². The summed E-state index contributed by atoms with van der Waals surface area (Å²) in [6, 6.07) is 8.32. The second kappa shape index (κ2) is 5.87. The Labute approximate surface area is 97.2 Å². The fourth-order valence-corrected chi connectivity index (χ4v) is 2.11. The molecule has 0 bridgehead atoms. The van der Waals surface area contributed by atoms with E-state index < -0.39 is 0 Å². The molecule has 0 amide bonds. The molecule has 1 aliphatic heterocycles. The maximum Gasteiger partial charge on any atom is 0.119 e. The average molecular weight is 220 g/mol. The van der Waals surface area contributed by atoms with Gasteiger partial charge in [0.05, 0.1) is 0 Å². The van der Waals surface area contributed by atoms with E-state index in [1.54, 1.807) is 0 Å². The zero-order chi connectivity index (χ0) is 11.2. The molecule has 0 aliphatic carbocycles. The molecule has 1 aliphatic rings. The van der Waals surface area contributed by atoms with Crippen LogP contribution in [-0.2, 0) is 6.54 Å². The molecular weight excluding hydrogens is 200 g/mol. The fraction of sp³-hybridized carbons (Fsp3) is 0.538. The lowest BCUT2D eigenvalue weighted by Crippen LogP contribution is -2.18. The molecule has 0 unspecified atom stereocenters. The molecule has 1 fully saturated rings. The van der Waals surface area contributed by atoms with Gasteiger partial charge in [0, 0.05) is 13.1 Å². The minimum absolute atomic E-state index is 0.566. The Bertz CT molecular complexity index is 321. The van der Waals surface area contributed by atoms with Crippen LogP contribution in [0.1, 0.15) is 18.4 Å². The maximum absolute atomic E-state index is 5.52. The van der Waals surface area contributed by atoms with Gasteiger partial charge in [-0.15, -0.1) is 0 Å². The summed E-state index contributed by atoms with van der Waals surface area (Å²) in [6.45, 7) is 4.66. The number of likely N-dealkylation sites (tertiary alicyclic amines) is 1. The van der Waals surface area contributed by atoms with Gasteiger partial charge in [0.2, 0.25) is 0 Å². The Morgan fingerprint density at radius 1 is 1.25 bits per heavy atom. The van der Waals surface area contributed by atoms with E-state index in [0.717, 1.165) is 12.3 Å². The van der Waals surface area contributed by atoms with E-state index >= 15 is 0 Å². The number of benzene rings is 1. The molecule has 0 radical (unpaired) electrons. The minimum Gasteiger partial charge on any atom is -0.492 e. The zero-order valence-electron chi connectivity index (χ0n) is 9.69. The SMILES string of the molecule is NCCOc1cccc(CN2CCCC2)c1. The monoisotopic (exact) mass is 220 g/mol. The smallest absolute Gasteiger partial charge is 0.119 e. The summed E-state index contributed by atoms with van der Waals surface area (Å²) in [5.41, 5.74) is 6.74. The molecule has 3 nitrogen and oxygen atoms in total. The molecule has 1 aromatic carbocycles. The second-order valence-corrected chi connectivity index (χ2v) is 4.27. The molecule has 0 aromatic heterocycles.